The second-order valence-corrected chi connectivity index (χ2v) is 5.75. The van der Waals surface area contributed by atoms with Gasteiger partial charge in [0.2, 0.25) is 5.91 Å². The van der Waals surface area contributed by atoms with Crippen LogP contribution in [0.1, 0.15) is 47.4 Å². The maximum atomic E-state index is 12.3. The van der Waals surface area contributed by atoms with Crippen molar-refractivity contribution in [3.63, 3.8) is 0 Å². The highest BCUT2D eigenvalue weighted by Crippen LogP contribution is 2.22. The summed E-state index contributed by atoms with van der Waals surface area (Å²) in [5, 5.41) is 2.73. The Kier molecular flexibility index (Phi) is 3.53. The number of likely N-dealkylation sites (N-methyl/N-ethyl adjacent to an activating group) is 1. The molecule has 3 rings (SSSR count). The zero-order valence-electron chi connectivity index (χ0n) is 12.1. The van der Waals surface area contributed by atoms with Gasteiger partial charge in [0, 0.05) is 19.2 Å². The predicted octanol–water partition coefficient (Wildman–Crippen LogP) is 0.771. The molecule has 0 spiro atoms. The third-order valence-electron chi connectivity index (χ3n) is 4.31. The summed E-state index contributed by atoms with van der Waals surface area (Å²) in [5.41, 5.74) is 2.84. The molecule has 2 heterocycles. The number of likely N-dealkylation sites (tertiary alicyclic amines) is 1. The highest BCUT2D eigenvalue weighted by molar-refractivity contribution is 6.03. The first kappa shape index (κ1) is 13.9. The molecule has 3 amide bonds. The molecule has 0 saturated carbocycles. The van der Waals surface area contributed by atoms with Crippen molar-refractivity contribution in [1.82, 2.24) is 15.2 Å². The van der Waals surface area contributed by atoms with Gasteiger partial charge in [-0.1, -0.05) is 0 Å². The molecule has 0 radical (unpaired) electrons. The van der Waals surface area contributed by atoms with Crippen molar-refractivity contribution in [3.05, 3.63) is 23.0 Å². The number of carbonyl (C=O) groups excluding carboxylic acids is 3. The molecule has 21 heavy (non-hydrogen) atoms. The Morgan fingerprint density at radius 2 is 2.05 bits per heavy atom. The first-order chi connectivity index (χ1) is 10.1. The maximum absolute atomic E-state index is 12.3. The lowest BCUT2D eigenvalue weighted by Crippen LogP contribution is -2.52. The molecule has 1 atom stereocenters. The number of imide groups is 1. The maximum Gasteiger partial charge on any atom is 0.268 e. The number of aromatic amines is 1. The van der Waals surface area contributed by atoms with E-state index < -0.39 is 6.04 Å². The van der Waals surface area contributed by atoms with Crippen molar-refractivity contribution < 1.29 is 14.4 Å². The van der Waals surface area contributed by atoms with Crippen LogP contribution < -0.4 is 5.32 Å². The van der Waals surface area contributed by atoms with E-state index in [1.54, 1.807) is 0 Å². The summed E-state index contributed by atoms with van der Waals surface area (Å²) in [6, 6.07) is 1.27. The number of amides is 3. The van der Waals surface area contributed by atoms with Crippen LogP contribution in [-0.2, 0) is 22.4 Å². The van der Waals surface area contributed by atoms with Gasteiger partial charge in [0.15, 0.2) is 0 Å². The Labute approximate surface area is 122 Å². The molecule has 0 bridgehead atoms. The molecule has 2 aliphatic rings. The highest BCUT2D eigenvalue weighted by atomic mass is 16.2. The molecule has 1 fully saturated rings. The van der Waals surface area contributed by atoms with Gasteiger partial charge >= 0.3 is 0 Å². The van der Waals surface area contributed by atoms with Gasteiger partial charge < -0.3 is 10.3 Å². The summed E-state index contributed by atoms with van der Waals surface area (Å²) in [7, 11) is 1.45. The third kappa shape index (κ3) is 2.57. The van der Waals surface area contributed by atoms with Gasteiger partial charge in [-0.15, -0.1) is 0 Å². The van der Waals surface area contributed by atoms with Crippen LogP contribution in [0, 0.1) is 0 Å². The molecular formula is C15H19N3O3. The Hall–Kier alpha value is -2.11. The van der Waals surface area contributed by atoms with Gasteiger partial charge in [-0.05, 0) is 43.7 Å². The number of carbonyl (C=O) groups is 3. The summed E-state index contributed by atoms with van der Waals surface area (Å²) in [5.74, 6) is -0.803. The number of piperidine rings is 1. The van der Waals surface area contributed by atoms with Crippen molar-refractivity contribution in [3.8, 4) is 0 Å². The topological polar surface area (TPSA) is 82.3 Å². The second kappa shape index (κ2) is 5.35. The van der Waals surface area contributed by atoms with E-state index in [1.165, 1.54) is 12.6 Å². The normalized spacial score (nSPS) is 22.1. The first-order valence-corrected chi connectivity index (χ1v) is 7.38. The summed E-state index contributed by atoms with van der Waals surface area (Å²) in [4.78, 5) is 39.9. The molecule has 6 heteroatoms. The zero-order valence-corrected chi connectivity index (χ0v) is 12.1. The number of aryl methyl sites for hydroxylation is 2. The number of hydrogen-bond acceptors (Lipinski definition) is 3. The van der Waals surface area contributed by atoms with Crippen LogP contribution in [0.2, 0.25) is 0 Å². The summed E-state index contributed by atoms with van der Waals surface area (Å²) < 4.78 is 0. The Morgan fingerprint density at radius 1 is 1.29 bits per heavy atom. The van der Waals surface area contributed by atoms with E-state index in [9.17, 15) is 14.4 Å². The van der Waals surface area contributed by atoms with Gasteiger partial charge in [-0.3, -0.25) is 19.3 Å². The van der Waals surface area contributed by atoms with E-state index in [0.29, 0.717) is 12.1 Å². The molecule has 1 saturated heterocycles. The minimum absolute atomic E-state index is 0.194. The smallest absolute Gasteiger partial charge is 0.268 e. The average molecular weight is 289 g/mol. The quantitative estimate of drug-likeness (QED) is 0.789. The lowest BCUT2D eigenvalue weighted by atomic mass is 9.98. The molecule has 6 nitrogen and oxygen atoms in total. The largest absolute Gasteiger partial charge is 0.354 e. The number of nitrogens with zero attached hydrogens (tertiary/aromatic N) is 1. The van der Waals surface area contributed by atoms with E-state index in [4.69, 9.17) is 0 Å². The number of H-pyrrole nitrogens is 1. The number of nitrogens with one attached hydrogen (secondary N) is 2. The highest BCUT2D eigenvalue weighted by Gasteiger charge is 2.33. The Balaban J connectivity index is 1.70. The molecular weight excluding hydrogens is 270 g/mol. The number of fused-ring (bicyclic) bond motifs is 1. The van der Waals surface area contributed by atoms with E-state index in [2.05, 4.69) is 10.3 Å². The summed E-state index contributed by atoms with van der Waals surface area (Å²) in [6.45, 7) is 0. The summed E-state index contributed by atoms with van der Waals surface area (Å²) in [6.07, 6.45) is 4.92. The van der Waals surface area contributed by atoms with E-state index in [0.717, 1.165) is 36.3 Å². The fourth-order valence-corrected chi connectivity index (χ4v) is 3.01. The van der Waals surface area contributed by atoms with E-state index in [-0.39, 0.29) is 24.1 Å². The minimum atomic E-state index is -0.611. The Bertz CT molecular complexity index is 582. The van der Waals surface area contributed by atoms with Crippen LogP contribution >= 0.6 is 0 Å². The van der Waals surface area contributed by atoms with Crippen LogP contribution in [-0.4, -0.2) is 40.7 Å². The first-order valence-electron chi connectivity index (χ1n) is 7.38. The SMILES string of the molecule is CN1C(=O)CCC(NC(=O)c2cc3c([nH]2)CCCC3)C1=O. The summed E-state index contributed by atoms with van der Waals surface area (Å²) >= 11 is 0. The predicted molar refractivity (Wildman–Crippen MR) is 75.7 cm³/mol. The van der Waals surface area contributed by atoms with Crippen LogP contribution in [0.3, 0.4) is 0 Å². The fraction of sp³-hybridized carbons (Fsp3) is 0.533. The van der Waals surface area contributed by atoms with Crippen molar-refractivity contribution in [2.24, 2.45) is 0 Å². The van der Waals surface area contributed by atoms with Gasteiger partial charge in [-0.25, -0.2) is 0 Å². The molecule has 112 valence electrons. The minimum Gasteiger partial charge on any atom is -0.354 e. The molecule has 1 aromatic heterocycles. The van der Waals surface area contributed by atoms with Crippen LogP contribution in [0.5, 0.6) is 0 Å². The lowest BCUT2D eigenvalue weighted by Gasteiger charge is -2.27. The fourth-order valence-electron chi connectivity index (χ4n) is 3.01. The molecule has 1 aromatic rings. The van der Waals surface area contributed by atoms with Crippen LogP contribution in [0.25, 0.3) is 0 Å². The van der Waals surface area contributed by atoms with Gasteiger partial charge in [-0.2, -0.15) is 0 Å². The standard InChI is InChI=1S/C15H19N3O3/c1-18-13(19)7-6-11(15(18)21)17-14(20)12-8-9-4-2-3-5-10(9)16-12/h8,11,16H,2-7H2,1H3,(H,17,20). The lowest BCUT2D eigenvalue weighted by molar-refractivity contribution is -0.147. The molecule has 2 N–H and O–H groups in total. The van der Waals surface area contributed by atoms with Gasteiger partial charge in [0.1, 0.15) is 11.7 Å². The second-order valence-electron chi connectivity index (χ2n) is 5.75. The van der Waals surface area contributed by atoms with Crippen molar-refractivity contribution in [2.75, 3.05) is 7.05 Å². The third-order valence-corrected chi connectivity index (χ3v) is 4.31. The Morgan fingerprint density at radius 3 is 2.81 bits per heavy atom. The van der Waals surface area contributed by atoms with Crippen molar-refractivity contribution >= 4 is 17.7 Å². The van der Waals surface area contributed by atoms with Crippen molar-refractivity contribution in [2.45, 2.75) is 44.6 Å². The van der Waals surface area contributed by atoms with E-state index >= 15 is 0 Å². The monoisotopic (exact) mass is 289 g/mol. The number of aromatic nitrogens is 1. The van der Waals surface area contributed by atoms with E-state index in [1.807, 2.05) is 6.07 Å². The number of rotatable bonds is 2. The average Bonchev–Trinajstić information content (AvgIpc) is 2.92. The van der Waals surface area contributed by atoms with Crippen LogP contribution in [0.4, 0.5) is 0 Å². The van der Waals surface area contributed by atoms with Crippen LogP contribution in [0.15, 0.2) is 6.07 Å². The molecule has 0 aromatic carbocycles. The molecule has 1 aliphatic heterocycles. The van der Waals surface area contributed by atoms with Crippen molar-refractivity contribution in [1.29, 1.82) is 0 Å². The molecule has 1 unspecified atom stereocenters. The zero-order chi connectivity index (χ0) is 15.0. The number of hydrogen-bond donors (Lipinski definition) is 2. The van der Waals surface area contributed by atoms with Gasteiger partial charge in [0.25, 0.3) is 11.8 Å². The van der Waals surface area contributed by atoms with Gasteiger partial charge in [0.05, 0.1) is 0 Å². The molecule has 1 aliphatic carbocycles.